The molecule has 1 fully saturated rings. The second-order valence-electron chi connectivity index (χ2n) is 4.26. The minimum atomic E-state index is -0.207. The van der Waals surface area contributed by atoms with Crippen LogP contribution >= 0.6 is 0 Å². The van der Waals surface area contributed by atoms with E-state index in [-0.39, 0.29) is 11.6 Å². The monoisotopic (exact) mass is 200 g/mol. The largest absolute Gasteiger partial charge is 0.372 e. The zero-order valence-electron chi connectivity index (χ0n) is 9.30. The van der Waals surface area contributed by atoms with Gasteiger partial charge < -0.3 is 15.0 Å². The Kier molecular flexibility index (Phi) is 3.75. The van der Waals surface area contributed by atoms with Crippen molar-refractivity contribution in [3.63, 3.8) is 0 Å². The Morgan fingerprint density at radius 2 is 2.29 bits per heavy atom. The molecule has 0 saturated carbocycles. The Hall–Kier alpha value is -0.770. The molecular formula is C10H20N2O2. The van der Waals surface area contributed by atoms with Gasteiger partial charge in [0.1, 0.15) is 0 Å². The van der Waals surface area contributed by atoms with E-state index in [1.807, 2.05) is 25.7 Å². The van der Waals surface area contributed by atoms with Crippen LogP contribution in [0.1, 0.15) is 27.2 Å². The molecular weight excluding hydrogens is 180 g/mol. The predicted molar refractivity (Wildman–Crippen MR) is 55.3 cm³/mol. The Bertz CT molecular complexity index is 204. The molecule has 0 aromatic heterocycles. The molecule has 1 aliphatic rings. The van der Waals surface area contributed by atoms with Gasteiger partial charge in [-0.3, -0.25) is 0 Å². The Morgan fingerprint density at radius 1 is 1.57 bits per heavy atom. The average molecular weight is 200 g/mol. The Balaban J connectivity index is 2.40. The first-order valence-corrected chi connectivity index (χ1v) is 5.22. The molecule has 0 aromatic rings. The summed E-state index contributed by atoms with van der Waals surface area (Å²) in [5.74, 6) is 0. The molecule has 14 heavy (non-hydrogen) atoms. The maximum atomic E-state index is 11.6. The van der Waals surface area contributed by atoms with Crippen molar-refractivity contribution in [3.8, 4) is 0 Å². The molecule has 0 atom stereocenters. The van der Waals surface area contributed by atoms with E-state index in [2.05, 4.69) is 5.32 Å². The van der Waals surface area contributed by atoms with Crippen molar-refractivity contribution in [2.75, 3.05) is 26.2 Å². The molecule has 1 heterocycles. The number of rotatable bonds is 2. The maximum absolute atomic E-state index is 11.6. The third-order valence-electron chi connectivity index (χ3n) is 2.24. The van der Waals surface area contributed by atoms with E-state index in [0.29, 0.717) is 19.7 Å². The highest BCUT2D eigenvalue weighted by atomic mass is 16.5. The summed E-state index contributed by atoms with van der Waals surface area (Å²) in [7, 11) is 0. The highest BCUT2D eigenvalue weighted by Gasteiger charge is 2.29. The maximum Gasteiger partial charge on any atom is 0.317 e. The first-order valence-electron chi connectivity index (χ1n) is 5.22. The fourth-order valence-electron chi connectivity index (χ4n) is 1.53. The van der Waals surface area contributed by atoms with Crippen molar-refractivity contribution in [3.05, 3.63) is 0 Å². The molecule has 0 radical (unpaired) electrons. The van der Waals surface area contributed by atoms with Crippen LogP contribution in [0.25, 0.3) is 0 Å². The van der Waals surface area contributed by atoms with Gasteiger partial charge in [-0.1, -0.05) is 6.92 Å². The Morgan fingerprint density at radius 3 is 2.86 bits per heavy atom. The summed E-state index contributed by atoms with van der Waals surface area (Å²) in [6.45, 7) is 8.80. The van der Waals surface area contributed by atoms with Gasteiger partial charge in [0.05, 0.1) is 18.8 Å². The van der Waals surface area contributed by atoms with Gasteiger partial charge in [0.15, 0.2) is 0 Å². The van der Waals surface area contributed by atoms with Crippen molar-refractivity contribution in [2.45, 2.75) is 32.8 Å². The van der Waals surface area contributed by atoms with Crippen LogP contribution in [0.5, 0.6) is 0 Å². The zero-order valence-corrected chi connectivity index (χ0v) is 9.30. The fourth-order valence-corrected chi connectivity index (χ4v) is 1.53. The van der Waals surface area contributed by atoms with E-state index in [1.165, 1.54) is 0 Å². The lowest BCUT2D eigenvalue weighted by Crippen LogP contribution is -2.53. The molecule has 0 unspecified atom stereocenters. The van der Waals surface area contributed by atoms with Gasteiger partial charge in [-0.05, 0) is 20.3 Å². The molecule has 1 rings (SSSR count). The van der Waals surface area contributed by atoms with Crippen LogP contribution in [0.2, 0.25) is 0 Å². The number of hydrogen-bond donors (Lipinski definition) is 1. The molecule has 82 valence electrons. The van der Waals surface area contributed by atoms with Gasteiger partial charge >= 0.3 is 6.03 Å². The minimum Gasteiger partial charge on any atom is -0.372 e. The van der Waals surface area contributed by atoms with Gasteiger partial charge in [-0.2, -0.15) is 0 Å². The third kappa shape index (κ3) is 3.18. The third-order valence-corrected chi connectivity index (χ3v) is 2.24. The van der Waals surface area contributed by atoms with Gasteiger partial charge in [0, 0.05) is 13.1 Å². The highest BCUT2D eigenvalue weighted by molar-refractivity contribution is 5.74. The lowest BCUT2D eigenvalue weighted by molar-refractivity contribution is -0.0733. The van der Waals surface area contributed by atoms with E-state index >= 15 is 0 Å². The Labute approximate surface area is 85.6 Å². The fraction of sp³-hybridized carbons (Fsp3) is 0.900. The summed E-state index contributed by atoms with van der Waals surface area (Å²) in [5.41, 5.74) is -0.207. The number of ether oxygens (including phenoxy) is 1. The van der Waals surface area contributed by atoms with Crippen molar-refractivity contribution in [1.29, 1.82) is 0 Å². The van der Waals surface area contributed by atoms with Crippen molar-refractivity contribution >= 4 is 6.03 Å². The van der Waals surface area contributed by atoms with Crippen LogP contribution in [-0.2, 0) is 4.74 Å². The van der Waals surface area contributed by atoms with E-state index in [4.69, 9.17) is 4.74 Å². The van der Waals surface area contributed by atoms with E-state index < -0.39 is 0 Å². The van der Waals surface area contributed by atoms with Crippen LogP contribution in [-0.4, -0.2) is 42.8 Å². The van der Waals surface area contributed by atoms with Crippen LogP contribution in [0.4, 0.5) is 4.79 Å². The smallest absolute Gasteiger partial charge is 0.317 e. The molecule has 1 aliphatic heterocycles. The first kappa shape index (κ1) is 11.3. The molecule has 0 aromatic carbocycles. The van der Waals surface area contributed by atoms with Gasteiger partial charge in [0.2, 0.25) is 0 Å². The summed E-state index contributed by atoms with van der Waals surface area (Å²) in [4.78, 5) is 13.4. The summed E-state index contributed by atoms with van der Waals surface area (Å²) < 4.78 is 5.53. The quantitative estimate of drug-likeness (QED) is 0.728. The van der Waals surface area contributed by atoms with Gasteiger partial charge in [-0.25, -0.2) is 4.79 Å². The van der Waals surface area contributed by atoms with Crippen LogP contribution in [0.15, 0.2) is 0 Å². The van der Waals surface area contributed by atoms with Crippen molar-refractivity contribution in [2.24, 2.45) is 0 Å². The molecule has 0 spiro atoms. The average Bonchev–Trinajstić information content (AvgIpc) is 2.12. The number of morpholine rings is 1. The predicted octanol–water partition coefficient (Wildman–Crippen LogP) is 1.22. The van der Waals surface area contributed by atoms with Crippen molar-refractivity contribution < 1.29 is 9.53 Å². The zero-order chi connectivity index (χ0) is 10.6. The molecule has 4 heteroatoms. The molecule has 4 nitrogen and oxygen atoms in total. The van der Waals surface area contributed by atoms with E-state index in [1.54, 1.807) is 0 Å². The molecule has 1 saturated heterocycles. The highest BCUT2D eigenvalue weighted by Crippen LogP contribution is 2.16. The lowest BCUT2D eigenvalue weighted by Gasteiger charge is -2.38. The summed E-state index contributed by atoms with van der Waals surface area (Å²) in [6, 6.07) is 0.0308. The summed E-state index contributed by atoms with van der Waals surface area (Å²) in [5, 5.41) is 2.87. The van der Waals surface area contributed by atoms with Crippen LogP contribution in [0, 0.1) is 0 Å². The standard InChI is InChI=1S/C10H20N2O2/c1-4-5-11-9(13)12-6-7-14-10(2,3)8-12/h4-8H2,1-3H3,(H,11,13). The lowest BCUT2D eigenvalue weighted by atomic mass is 10.1. The number of carbonyl (C=O) groups excluding carboxylic acids is 1. The van der Waals surface area contributed by atoms with Crippen LogP contribution < -0.4 is 5.32 Å². The van der Waals surface area contributed by atoms with E-state index in [9.17, 15) is 4.79 Å². The number of nitrogens with one attached hydrogen (secondary N) is 1. The number of amides is 2. The molecule has 2 amide bonds. The summed E-state index contributed by atoms with van der Waals surface area (Å²) in [6.07, 6.45) is 0.972. The SMILES string of the molecule is CCCNC(=O)N1CCOC(C)(C)C1. The second kappa shape index (κ2) is 4.64. The number of hydrogen-bond acceptors (Lipinski definition) is 2. The number of nitrogens with zero attached hydrogens (tertiary/aromatic N) is 1. The molecule has 0 aliphatic carbocycles. The minimum absolute atomic E-state index is 0.0308. The topological polar surface area (TPSA) is 41.6 Å². The van der Waals surface area contributed by atoms with Crippen molar-refractivity contribution in [1.82, 2.24) is 10.2 Å². The normalized spacial score (nSPS) is 20.6. The summed E-state index contributed by atoms with van der Waals surface area (Å²) >= 11 is 0. The first-order chi connectivity index (χ1) is 6.55. The van der Waals surface area contributed by atoms with E-state index in [0.717, 1.165) is 13.0 Å². The van der Waals surface area contributed by atoms with Gasteiger partial charge in [0.25, 0.3) is 0 Å². The number of carbonyl (C=O) groups is 1. The molecule has 1 N–H and O–H groups in total. The second-order valence-corrected chi connectivity index (χ2v) is 4.26. The number of urea groups is 1. The van der Waals surface area contributed by atoms with Gasteiger partial charge in [-0.15, -0.1) is 0 Å². The van der Waals surface area contributed by atoms with Crippen LogP contribution in [0.3, 0.4) is 0 Å². The molecule has 0 bridgehead atoms.